The van der Waals surface area contributed by atoms with Gasteiger partial charge in [-0.25, -0.2) is 19.2 Å². The molecule has 2 aliphatic heterocycles. The molecule has 156 valence electrons. The molecule has 0 aliphatic carbocycles. The Bertz CT molecular complexity index is 1030. The Hall–Kier alpha value is -3.88. The van der Waals surface area contributed by atoms with E-state index in [0.29, 0.717) is 5.69 Å². The van der Waals surface area contributed by atoms with E-state index in [1.165, 1.54) is 4.90 Å². The molecule has 0 aromatic heterocycles. The van der Waals surface area contributed by atoms with E-state index in [1.807, 2.05) is 0 Å². The van der Waals surface area contributed by atoms with Gasteiger partial charge in [0.15, 0.2) is 0 Å². The summed E-state index contributed by atoms with van der Waals surface area (Å²) in [4.78, 5) is 52.4. The molecule has 3 rings (SSSR count). The lowest BCUT2D eigenvalue weighted by Crippen LogP contribution is -2.48. The lowest BCUT2D eigenvalue weighted by atomic mass is 9.84. The minimum atomic E-state index is -1.01. The zero-order chi connectivity index (χ0) is 22.0. The Morgan fingerprint density at radius 1 is 0.767 bits per heavy atom. The van der Waals surface area contributed by atoms with Gasteiger partial charge in [0.2, 0.25) is 0 Å². The number of carbonyl (C=O) groups excluding carboxylic acids is 4. The third kappa shape index (κ3) is 3.14. The fourth-order valence-electron chi connectivity index (χ4n) is 3.53. The van der Waals surface area contributed by atoms with Crippen LogP contribution in [0.1, 0.15) is 5.56 Å². The smallest absolute Gasteiger partial charge is 0.355 e. The van der Waals surface area contributed by atoms with Crippen LogP contribution in [0, 0.1) is 0 Å². The first-order valence-electron chi connectivity index (χ1n) is 8.79. The predicted molar refractivity (Wildman–Crippen MR) is 104 cm³/mol. The minimum absolute atomic E-state index is 0.164. The first kappa shape index (κ1) is 20.8. The molecule has 0 bridgehead atoms. The van der Waals surface area contributed by atoms with E-state index in [9.17, 15) is 19.2 Å². The first-order valence-corrected chi connectivity index (χ1v) is 8.79. The number of hydrogen-bond acceptors (Lipinski definition) is 9. The van der Waals surface area contributed by atoms with Gasteiger partial charge >= 0.3 is 23.9 Å². The van der Waals surface area contributed by atoms with Crippen LogP contribution in [-0.4, -0.2) is 58.4 Å². The molecule has 1 unspecified atom stereocenters. The van der Waals surface area contributed by atoms with Crippen LogP contribution in [0.25, 0.3) is 6.08 Å². The lowest BCUT2D eigenvalue weighted by Gasteiger charge is -2.40. The Balaban J connectivity index is 2.48. The van der Waals surface area contributed by atoms with Gasteiger partial charge in [-0.2, -0.15) is 0 Å². The van der Waals surface area contributed by atoms with Crippen LogP contribution in [0.15, 0.2) is 52.8 Å². The van der Waals surface area contributed by atoms with Crippen LogP contribution >= 0.6 is 0 Å². The number of anilines is 1. The Labute approximate surface area is 172 Å². The average molecular weight is 413 g/mol. The molecule has 1 atom stereocenters. The normalized spacial score (nSPS) is 17.1. The molecular formula is C21H19NO8. The van der Waals surface area contributed by atoms with Crippen molar-refractivity contribution in [1.82, 2.24) is 0 Å². The number of hydrogen-bond donors (Lipinski definition) is 0. The number of rotatable bonds is 4. The predicted octanol–water partition coefficient (Wildman–Crippen LogP) is 1.14. The number of para-hydroxylation sites is 1. The fourth-order valence-corrected chi connectivity index (χ4v) is 3.53. The van der Waals surface area contributed by atoms with Gasteiger partial charge in [0.1, 0.15) is 11.3 Å². The largest absolute Gasteiger partial charge is 0.466 e. The van der Waals surface area contributed by atoms with Crippen LogP contribution in [0.5, 0.6) is 0 Å². The molecule has 9 nitrogen and oxygen atoms in total. The Kier molecular flexibility index (Phi) is 5.72. The van der Waals surface area contributed by atoms with E-state index in [-0.39, 0.29) is 11.3 Å². The maximum atomic E-state index is 12.8. The molecule has 0 radical (unpaired) electrons. The second-order valence-electron chi connectivity index (χ2n) is 6.21. The van der Waals surface area contributed by atoms with E-state index in [1.54, 1.807) is 36.4 Å². The minimum Gasteiger partial charge on any atom is -0.466 e. The lowest BCUT2D eigenvalue weighted by molar-refractivity contribution is -0.142. The van der Waals surface area contributed by atoms with Crippen molar-refractivity contribution in [3.63, 3.8) is 0 Å². The molecule has 0 saturated carbocycles. The fraction of sp³-hybridized carbons (Fsp3) is 0.238. The number of methoxy groups -OCH3 is 4. The summed E-state index contributed by atoms with van der Waals surface area (Å²) in [5, 5.41) is 0. The van der Waals surface area contributed by atoms with Gasteiger partial charge in [-0.3, -0.25) is 0 Å². The highest BCUT2D eigenvalue weighted by Gasteiger charge is 2.47. The van der Waals surface area contributed by atoms with Crippen molar-refractivity contribution in [3.8, 4) is 0 Å². The van der Waals surface area contributed by atoms with E-state index >= 15 is 0 Å². The number of carbonyl (C=O) groups is 4. The summed E-state index contributed by atoms with van der Waals surface area (Å²) in [6.45, 7) is 0. The third-order valence-electron chi connectivity index (χ3n) is 4.79. The SMILES string of the molecule is COC(=O)C1=C(C(=O)OC)C2C=Cc3ccccc3N2C(C(=O)OC)=C1C(=O)OC. The van der Waals surface area contributed by atoms with Crippen molar-refractivity contribution >= 4 is 35.6 Å². The Morgan fingerprint density at radius 3 is 1.93 bits per heavy atom. The van der Waals surface area contributed by atoms with Crippen LogP contribution < -0.4 is 4.90 Å². The quantitative estimate of drug-likeness (QED) is 0.530. The van der Waals surface area contributed by atoms with Crippen molar-refractivity contribution in [2.45, 2.75) is 6.04 Å². The summed E-state index contributed by atoms with van der Waals surface area (Å²) in [5.74, 6) is -3.76. The molecule has 0 N–H and O–H groups in total. The number of nitrogens with zero attached hydrogens (tertiary/aromatic N) is 1. The average Bonchev–Trinajstić information content (AvgIpc) is 2.79. The molecule has 9 heteroatoms. The number of benzene rings is 1. The molecule has 0 saturated heterocycles. The van der Waals surface area contributed by atoms with E-state index in [0.717, 1.165) is 34.0 Å². The van der Waals surface area contributed by atoms with Gasteiger partial charge in [-0.05, 0) is 11.6 Å². The highest BCUT2D eigenvalue weighted by molar-refractivity contribution is 6.19. The summed E-state index contributed by atoms with van der Waals surface area (Å²) < 4.78 is 19.4. The van der Waals surface area contributed by atoms with E-state index in [2.05, 4.69) is 0 Å². The van der Waals surface area contributed by atoms with Crippen molar-refractivity contribution < 1.29 is 38.1 Å². The molecule has 0 spiro atoms. The molecule has 1 aromatic carbocycles. The molecule has 1 aromatic rings. The first-order chi connectivity index (χ1) is 14.4. The van der Waals surface area contributed by atoms with Crippen LogP contribution in [-0.2, 0) is 38.1 Å². The monoisotopic (exact) mass is 413 g/mol. The number of fused-ring (bicyclic) bond motifs is 3. The van der Waals surface area contributed by atoms with Gasteiger partial charge in [-0.15, -0.1) is 0 Å². The van der Waals surface area contributed by atoms with Crippen LogP contribution in [0.2, 0.25) is 0 Å². The second-order valence-corrected chi connectivity index (χ2v) is 6.21. The number of esters is 4. The number of ether oxygens (including phenoxy) is 4. The standard InChI is InChI=1S/C21H19NO8/c1-27-18(23)14-13-10-9-11-7-5-6-8-12(11)22(13)17(21(26)30-4)16(20(25)29-3)15(14)19(24)28-2/h5-10,13H,1-4H3. The maximum Gasteiger partial charge on any atom is 0.355 e. The van der Waals surface area contributed by atoms with Gasteiger partial charge in [-0.1, -0.05) is 30.4 Å². The van der Waals surface area contributed by atoms with Crippen molar-refractivity contribution in [1.29, 1.82) is 0 Å². The highest BCUT2D eigenvalue weighted by Crippen LogP contribution is 2.42. The molecular weight excluding hydrogens is 394 g/mol. The zero-order valence-electron chi connectivity index (χ0n) is 16.8. The van der Waals surface area contributed by atoms with Crippen molar-refractivity contribution in [2.75, 3.05) is 33.3 Å². The van der Waals surface area contributed by atoms with Gasteiger partial charge in [0.25, 0.3) is 0 Å². The Morgan fingerprint density at radius 2 is 1.33 bits per heavy atom. The zero-order valence-corrected chi connectivity index (χ0v) is 16.8. The summed E-state index contributed by atoms with van der Waals surface area (Å²) in [6.07, 6.45) is 3.36. The molecule has 0 amide bonds. The maximum absolute atomic E-state index is 12.8. The summed E-state index contributed by atoms with van der Waals surface area (Å²) in [6, 6.07) is 6.11. The van der Waals surface area contributed by atoms with Crippen molar-refractivity contribution in [3.05, 3.63) is 58.3 Å². The summed E-state index contributed by atoms with van der Waals surface area (Å²) in [5.41, 5.74) is -0.0237. The van der Waals surface area contributed by atoms with Gasteiger partial charge in [0, 0.05) is 5.69 Å². The molecule has 2 heterocycles. The van der Waals surface area contributed by atoms with E-state index < -0.39 is 41.1 Å². The molecule has 30 heavy (non-hydrogen) atoms. The van der Waals surface area contributed by atoms with Crippen molar-refractivity contribution in [2.24, 2.45) is 0 Å². The molecule has 2 aliphatic rings. The van der Waals surface area contributed by atoms with Crippen LogP contribution in [0.3, 0.4) is 0 Å². The van der Waals surface area contributed by atoms with E-state index in [4.69, 9.17) is 18.9 Å². The molecule has 0 fully saturated rings. The van der Waals surface area contributed by atoms with Gasteiger partial charge in [0.05, 0.1) is 45.6 Å². The highest BCUT2D eigenvalue weighted by atomic mass is 16.5. The van der Waals surface area contributed by atoms with Gasteiger partial charge < -0.3 is 23.8 Å². The summed E-state index contributed by atoms with van der Waals surface area (Å²) >= 11 is 0. The topological polar surface area (TPSA) is 108 Å². The van der Waals surface area contributed by atoms with Crippen LogP contribution in [0.4, 0.5) is 5.69 Å². The summed E-state index contributed by atoms with van der Waals surface area (Å²) in [7, 11) is 4.47. The third-order valence-corrected chi connectivity index (χ3v) is 4.79. The second kappa shape index (κ2) is 8.24.